The third kappa shape index (κ3) is 2.96. The van der Waals surface area contributed by atoms with Crippen molar-refractivity contribution in [2.24, 2.45) is 5.92 Å². The molecule has 0 N–H and O–H groups in total. The lowest BCUT2D eigenvalue weighted by atomic mass is 9.83. The number of hydrogen-bond acceptors (Lipinski definition) is 3. The summed E-state index contributed by atoms with van der Waals surface area (Å²) in [6.45, 7) is 1.58. The molecule has 2 saturated heterocycles. The van der Waals surface area contributed by atoms with Crippen molar-refractivity contribution in [2.75, 3.05) is 13.1 Å². The molecule has 2 aliphatic heterocycles. The standard InChI is InChI=1S/C18H23N3O2/c22-17-6-3-14-12-20(9-7-16(14)21(17)15-4-5-15)18(23)10-13-2-1-8-19-11-13/h1-2,8,11,14-16H,3-7,9-10,12H2/t14-,16-/m1/s1. The fraction of sp³-hybridized carbons (Fsp3) is 0.611. The molecule has 1 aromatic rings. The molecule has 23 heavy (non-hydrogen) atoms. The summed E-state index contributed by atoms with van der Waals surface area (Å²) >= 11 is 0. The zero-order valence-electron chi connectivity index (χ0n) is 13.4. The molecule has 0 radical (unpaired) electrons. The van der Waals surface area contributed by atoms with Crippen LogP contribution < -0.4 is 0 Å². The van der Waals surface area contributed by atoms with Crippen molar-refractivity contribution in [1.82, 2.24) is 14.8 Å². The highest BCUT2D eigenvalue weighted by molar-refractivity contribution is 5.80. The van der Waals surface area contributed by atoms with Gasteiger partial charge in [0.15, 0.2) is 0 Å². The molecule has 2 atom stereocenters. The lowest BCUT2D eigenvalue weighted by molar-refractivity contribution is -0.144. The molecule has 0 aromatic carbocycles. The number of carbonyl (C=O) groups is 2. The van der Waals surface area contributed by atoms with Crippen LogP contribution in [0.4, 0.5) is 0 Å². The average molecular weight is 313 g/mol. The Morgan fingerprint density at radius 3 is 2.87 bits per heavy atom. The van der Waals surface area contributed by atoms with Crippen LogP contribution in [0.15, 0.2) is 24.5 Å². The Morgan fingerprint density at radius 1 is 1.26 bits per heavy atom. The van der Waals surface area contributed by atoms with Gasteiger partial charge >= 0.3 is 0 Å². The quantitative estimate of drug-likeness (QED) is 0.852. The van der Waals surface area contributed by atoms with Gasteiger partial charge < -0.3 is 9.80 Å². The SMILES string of the molecule is O=C(Cc1cccnc1)N1CC[C@@H]2[C@H](CCC(=O)N2C2CC2)C1. The van der Waals surface area contributed by atoms with Crippen molar-refractivity contribution in [3.05, 3.63) is 30.1 Å². The van der Waals surface area contributed by atoms with Gasteiger partial charge in [-0.05, 0) is 43.2 Å². The van der Waals surface area contributed by atoms with Crippen molar-refractivity contribution in [3.63, 3.8) is 0 Å². The number of piperidine rings is 2. The number of rotatable bonds is 3. The summed E-state index contributed by atoms with van der Waals surface area (Å²) in [6.07, 6.45) is 8.77. The van der Waals surface area contributed by atoms with Gasteiger partial charge in [-0.1, -0.05) is 6.07 Å². The first-order valence-corrected chi connectivity index (χ1v) is 8.70. The monoisotopic (exact) mass is 313 g/mol. The lowest BCUT2D eigenvalue weighted by Gasteiger charge is -2.47. The largest absolute Gasteiger partial charge is 0.342 e. The summed E-state index contributed by atoms with van der Waals surface area (Å²) in [6, 6.07) is 4.68. The minimum Gasteiger partial charge on any atom is -0.342 e. The van der Waals surface area contributed by atoms with Crippen molar-refractivity contribution in [2.45, 2.75) is 50.6 Å². The molecule has 2 amide bonds. The van der Waals surface area contributed by atoms with Gasteiger partial charge in [-0.15, -0.1) is 0 Å². The van der Waals surface area contributed by atoms with Gasteiger partial charge in [-0.2, -0.15) is 0 Å². The van der Waals surface area contributed by atoms with E-state index in [1.807, 2.05) is 17.0 Å². The van der Waals surface area contributed by atoms with E-state index in [-0.39, 0.29) is 5.91 Å². The first-order chi connectivity index (χ1) is 11.2. The van der Waals surface area contributed by atoms with Crippen LogP contribution in [0, 0.1) is 5.92 Å². The fourth-order valence-electron chi connectivity index (χ4n) is 4.14. The Labute approximate surface area is 136 Å². The highest BCUT2D eigenvalue weighted by Gasteiger charge is 2.45. The molecule has 3 aliphatic rings. The summed E-state index contributed by atoms with van der Waals surface area (Å²) in [5.41, 5.74) is 0.970. The molecule has 3 heterocycles. The van der Waals surface area contributed by atoms with Crippen LogP contribution in [0.3, 0.4) is 0 Å². The Morgan fingerprint density at radius 2 is 2.13 bits per heavy atom. The Bertz CT molecular complexity index is 600. The topological polar surface area (TPSA) is 53.5 Å². The van der Waals surface area contributed by atoms with Gasteiger partial charge in [-0.25, -0.2) is 0 Å². The van der Waals surface area contributed by atoms with Crippen LogP contribution in [-0.2, 0) is 16.0 Å². The first kappa shape index (κ1) is 14.7. The molecular formula is C18H23N3O2. The molecule has 1 aliphatic carbocycles. The van der Waals surface area contributed by atoms with Crippen molar-refractivity contribution in [1.29, 1.82) is 0 Å². The molecule has 122 valence electrons. The molecule has 1 aromatic heterocycles. The van der Waals surface area contributed by atoms with Crippen molar-refractivity contribution >= 4 is 11.8 Å². The molecule has 1 saturated carbocycles. The Kier molecular flexibility index (Phi) is 3.79. The van der Waals surface area contributed by atoms with E-state index >= 15 is 0 Å². The highest BCUT2D eigenvalue weighted by Crippen LogP contribution is 2.39. The van der Waals surface area contributed by atoms with E-state index in [1.165, 1.54) is 12.8 Å². The highest BCUT2D eigenvalue weighted by atomic mass is 16.2. The van der Waals surface area contributed by atoms with E-state index in [2.05, 4.69) is 9.88 Å². The molecule has 5 nitrogen and oxygen atoms in total. The molecule has 0 unspecified atom stereocenters. The Hall–Kier alpha value is -1.91. The normalized spacial score (nSPS) is 27.7. The molecule has 0 bridgehead atoms. The third-order valence-electron chi connectivity index (χ3n) is 5.44. The van der Waals surface area contributed by atoms with Gasteiger partial charge in [0, 0.05) is 44.0 Å². The number of fused-ring (bicyclic) bond motifs is 1. The van der Waals surface area contributed by atoms with Crippen LogP contribution in [0.5, 0.6) is 0 Å². The maximum atomic E-state index is 12.6. The van der Waals surface area contributed by atoms with E-state index in [0.717, 1.165) is 31.5 Å². The van der Waals surface area contributed by atoms with Crippen LogP contribution in [0.1, 0.15) is 37.7 Å². The summed E-state index contributed by atoms with van der Waals surface area (Å²) in [7, 11) is 0. The molecule has 3 fully saturated rings. The third-order valence-corrected chi connectivity index (χ3v) is 5.44. The average Bonchev–Trinajstić information content (AvgIpc) is 3.40. The van der Waals surface area contributed by atoms with E-state index in [1.54, 1.807) is 12.4 Å². The summed E-state index contributed by atoms with van der Waals surface area (Å²) in [4.78, 5) is 33.0. The zero-order chi connectivity index (χ0) is 15.8. The minimum atomic E-state index is 0.186. The maximum Gasteiger partial charge on any atom is 0.227 e. The Balaban J connectivity index is 1.40. The van der Waals surface area contributed by atoms with Crippen LogP contribution in [0.2, 0.25) is 0 Å². The van der Waals surface area contributed by atoms with Gasteiger partial charge in [0.2, 0.25) is 11.8 Å². The number of amides is 2. The lowest BCUT2D eigenvalue weighted by Crippen LogP contribution is -2.57. The molecular weight excluding hydrogens is 290 g/mol. The number of pyridine rings is 1. The summed E-state index contributed by atoms with van der Waals surface area (Å²) < 4.78 is 0. The molecule has 0 spiro atoms. The summed E-state index contributed by atoms with van der Waals surface area (Å²) in [5.74, 6) is 0.982. The second kappa shape index (κ2) is 5.95. The van der Waals surface area contributed by atoms with E-state index in [9.17, 15) is 9.59 Å². The predicted octanol–water partition coefficient (Wildman–Crippen LogP) is 1.63. The summed E-state index contributed by atoms with van der Waals surface area (Å²) in [5, 5.41) is 0. The van der Waals surface area contributed by atoms with E-state index in [0.29, 0.717) is 36.8 Å². The fourth-order valence-corrected chi connectivity index (χ4v) is 4.14. The number of carbonyl (C=O) groups excluding carboxylic acids is 2. The van der Waals surface area contributed by atoms with Crippen LogP contribution in [0.25, 0.3) is 0 Å². The van der Waals surface area contributed by atoms with Crippen LogP contribution in [-0.4, -0.2) is 51.8 Å². The predicted molar refractivity (Wildman–Crippen MR) is 85.5 cm³/mol. The van der Waals surface area contributed by atoms with E-state index in [4.69, 9.17) is 0 Å². The second-order valence-electron chi connectivity index (χ2n) is 7.06. The molecule has 4 rings (SSSR count). The zero-order valence-corrected chi connectivity index (χ0v) is 13.4. The number of nitrogens with zero attached hydrogens (tertiary/aromatic N) is 3. The maximum absolute atomic E-state index is 12.6. The number of aromatic nitrogens is 1. The van der Waals surface area contributed by atoms with Gasteiger partial charge in [-0.3, -0.25) is 14.6 Å². The van der Waals surface area contributed by atoms with Crippen LogP contribution >= 0.6 is 0 Å². The van der Waals surface area contributed by atoms with Gasteiger partial charge in [0.25, 0.3) is 0 Å². The number of hydrogen-bond donors (Lipinski definition) is 0. The molecule has 5 heteroatoms. The van der Waals surface area contributed by atoms with Crippen molar-refractivity contribution in [3.8, 4) is 0 Å². The van der Waals surface area contributed by atoms with Gasteiger partial charge in [0.05, 0.1) is 6.42 Å². The second-order valence-corrected chi connectivity index (χ2v) is 7.06. The van der Waals surface area contributed by atoms with E-state index < -0.39 is 0 Å². The first-order valence-electron chi connectivity index (χ1n) is 8.70. The van der Waals surface area contributed by atoms with Crippen molar-refractivity contribution < 1.29 is 9.59 Å². The van der Waals surface area contributed by atoms with Gasteiger partial charge in [0.1, 0.15) is 0 Å². The number of likely N-dealkylation sites (tertiary alicyclic amines) is 2. The smallest absolute Gasteiger partial charge is 0.227 e. The minimum absolute atomic E-state index is 0.186.